The van der Waals surface area contributed by atoms with Crippen LogP contribution in [0.4, 0.5) is 0 Å². The number of benzene rings is 1. The minimum absolute atomic E-state index is 1.15. The third-order valence-electron chi connectivity index (χ3n) is 3.26. The molecule has 1 fully saturated rings. The molecule has 14 heavy (non-hydrogen) atoms. The Balaban J connectivity index is 1.87. The molecule has 1 nitrogen and oxygen atoms in total. The number of likely N-dealkylation sites (tertiary alicyclic amines) is 1. The van der Waals surface area contributed by atoms with E-state index in [0.29, 0.717) is 0 Å². The first kappa shape index (κ1) is 8.10. The molecule has 1 heteroatoms. The fraction of sp³-hybridized carbons (Fsp3) is 0.385. The number of hydrogen-bond acceptors (Lipinski definition) is 1. The van der Waals surface area contributed by atoms with Crippen LogP contribution >= 0.6 is 0 Å². The van der Waals surface area contributed by atoms with Gasteiger partial charge in [-0.2, -0.15) is 0 Å². The third kappa shape index (κ3) is 1.24. The lowest BCUT2D eigenvalue weighted by atomic mass is 10.1. The molecule has 3 rings (SSSR count). The maximum Gasteiger partial charge on any atom is 0.0183 e. The first-order valence-electron chi connectivity index (χ1n) is 5.47. The summed E-state index contributed by atoms with van der Waals surface area (Å²) in [5, 5.41) is 0. The molecule has 1 saturated heterocycles. The van der Waals surface area contributed by atoms with Crippen molar-refractivity contribution in [1.29, 1.82) is 0 Å². The summed E-state index contributed by atoms with van der Waals surface area (Å²) in [5.74, 6) is 0. The van der Waals surface area contributed by atoms with Crippen LogP contribution in [0.1, 0.15) is 24.0 Å². The number of rotatable bonds is 1. The summed E-state index contributed by atoms with van der Waals surface area (Å²) in [5.41, 5.74) is 4.45. The topological polar surface area (TPSA) is 3.24 Å². The van der Waals surface area contributed by atoms with Gasteiger partial charge in [-0.15, -0.1) is 0 Å². The van der Waals surface area contributed by atoms with Crippen LogP contribution in [0.2, 0.25) is 0 Å². The first-order valence-corrected chi connectivity index (χ1v) is 5.47. The van der Waals surface area contributed by atoms with Crippen molar-refractivity contribution < 1.29 is 0 Å². The predicted octanol–water partition coefficient (Wildman–Crippen LogP) is 2.68. The third-order valence-corrected chi connectivity index (χ3v) is 3.26. The van der Waals surface area contributed by atoms with Crippen molar-refractivity contribution in [2.45, 2.75) is 19.3 Å². The van der Waals surface area contributed by atoms with Gasteiger partial charge in [-0.25, -0.2) is 0 Å². The van der Waals surface area contributed by atoms with Gasteiger partial charge in [-0.3, -0.25) is 0 Å². The van der Waals surface area contributed by atoms with Crippen LogP contribution in [-0.4, -0.2) is 18.0 Å². The lowest BCUT2D eigenvalue weighted by Gasteiger charge is -2.18. The van der Waals surface area contributed by atoms with Crippen LogP contribution in [0.25, 0.3) is 6.08 Å². The zero-order valence-electron chi connectivity index (χ0n) is 8.37. The lowest BCUT2D eigenvalue weighted by Crippen LogP contribution is -2.18. The normalized spacial score (nSPS) is 19.7. The zero-order chi connectivity index (χ0) is 9.38. The highest BCUT2D eigenvalue weighted by Gasteiger charge is 2.19. The largest absolute Gasteiger partial charge is 0.375 e. The fourth-order valence-corrected chi connectivity index (χ4v) is 2.47. The van der Waals surface area contributed by atoms with E-state index in [-0.39, 0.29) is 0 Å². The average Bonchev–Trinajstić information content (AvgIpc) is 2.86. The Kier molecular flexibility index (Phi) is 1.83. The summed E-state index contributed by atoms with van der Waals surface area (Å²) >= 11 is 0. The van der Waals surface area contributed by atoms with E-state index in [2.05, 4.69) is 35.2 Å². The summed E-state index contributed by atoms with van der Waals surface area (Å²) in [6.45, 7) is 2.53. The molecule has 0 saturated carbocycles. The Labute approximate surface area is 85.0 Å². The summed E-state index contributed by atoms with van der Waals surface area (Å²) in [7, 11) is 0. The Morgan fingerprint density at radius 2 is 1.79 bits per heavy atom. The summed E-state index contributed by atoms with van der Waals surface area (Å²) in [6, 6.07) is 8.73. The van der Waals surface area contributed by atoms with Gasteiger partial charge in [0.2, 0.25) is 0 Å². The predicted molar refractivity (Wildman–Crippen MR) is 58.9 cm³/mol. The highest BCUT2D eigenvalue weighted by Crippen LogP contribution is 2.28. The van der Waals surface area contributed by atoms with Crippen molar-refractivity contribution >= 4 is 6.08 Å². The van der Waals surface area contributed by atoms with E-state index >= 15 is 0 Å². The lowest BCUT2D eigenvalue weighted by molar-refractivity contribution is 0.423. The summed E-state index contributed by atoms with van der Waals surface area (Å²) < 4.78 is 0. The number of allylic oxidation sites excluding steroid dienone is 1. The van der Waals surface area contributed by atoms with E-state index < -0.39 is 0 Å². The molecular formula is C13H15N. The van der Waals surface area contributed by atoms with Crippen molar-refractivity contribution in [1.82, 2.24) is 4.90 Å². The Bertz CT molecular complexity index is 373. The minimum Gasteiger partial charge on any atom is -0.375 e. The molecule has 0 aromatic heterocycles. The van der Waals surface area contributed by atoms with Gasteiger partial charge < -0.3 is 4.90 Å². The second-order valence-electron chi connectivity index (χ2n) is 4.21. The molecule has 1 aromatic rings. The Morgan fingerprint density at radius 3 is 2.57 bits per heavy atom. The molecule has 2 aliphatic rings. The van der Waals surface area contributed by atoms with Crippen LogP contribution < -0.4 is 0 Å². The van der Waals surface area contributed by atoms with Gasteiger partial charge >= 0.3 is 0 Å². The van der Waals surface area contributed by atoms with Gasteiger partial charge in [-0.1, -0.05) is 24.3 Å². The molecule has 0 radical (unpaired) electrons. The van der Waals surface area contributed by atoms with Crippen molar-refractivity contribution in [2.75, 3.05) is 13.1 Å². The van der Waals surface area contributed by atoms with E-state index in [1.54, 1.807) is 0 Å². The highest BCUT2D eigenvalue weighted by molar-refractivity contribution is 5.63. The van der Waals surface area contributed by atoms with Crippen molar-refractivity contribution in [3.63, 3.8) is 0 Å². The van der Waals surface area contributed by atoms with Crippen LogP contribution in [-0.2, 0) is 6.42 Å². The smallest absolute Gasteiger partial charge is 0.0183 e. The van der Waals surface area contributed by atoms with Gasteiger partial charge in [0.25, 0.3) is 0 Å². The van der Waals surface area contributed by atoms with E-state index in [1.807, 2.05) is 0 Å². The average molecular weight is 185 g/mol. The SMILES string of the molecule is C1=C(N2CCCC2)Cc2ccccc21. The molecule has 1 aromatic carbocycles. The van der Waals surface area contributed by atoms with Gasteiger partial charge in [0.1, 0.15) is 0 Å². The van der Waals surface area contributed by atoms with E-state index in [9.17, 15) is 0 Å². The Morgan fingerprint density at radius 1 is 1.00 bits per heavy atom. The zero-order valence-corrected chi connectivity index (χ0v) is 8.37. The fourth-order valence-electron chi connectivity index (χ4n) is 2.47. The van der Waals surface area contributed by atoms with Crippen molar-refractivity contribution in [3.8, 4) is 0 Å². The molecule has 72 valence electrons. The van der Waals surface area contributed by atoms with Gasteiger partial charge in [0.05, 0.1) is 0 Å². The molecule has 1 aliphatic heterocycles. The highest BCUT2D eigenvalue weighted by atomic mass is 15.1. The maximum atomic E-state index is 2.54. The second kappa shape index (κ2) is 3.16. The summed E-state index contributed by atoms with van der Waals surface area (Å²) in [4.78, 5) is 2.54. The van der Waals surface area contributed by atoms with Crippen molar-refractivity contribution in [3.05, 3.63) is 41.1 Å². The second-order valence-corrected chi connectivity index (χ2v) is 4.21. The molecule has 0 amide bonds. The van der Waals surface area contributed by atoms with Crippen LogP contribution in [0.5, 0.6) is 0 Å². The van der Waals surface area contributed by atoms with E-state index in [0.717, 1.165) is 6.42 Å². The first-order chi connectivity index (χ1) is 6.93. The van der Waals surface area contributed by atoms with Gasteiger partial charge in [0.15, 0.2) is 0 Å². The van der Waals surface area contributed by atoms with Gasteiger partial charge in [0, 0.05) is 25.2 Å². The standard InChI is InChI=1S/C13H15N/c1-2-6-12-10-13(9-11(12)5-1)14-7-3-4-8-14/h1-2,5-6,9H,3-4,7-8,10H2. The Hall–Kier alpha value is -1.24. The number of nitrogens with zero attached hydrogens (tertiary/aromatic N) is 1. The molecule has 1 aliphatic carbocycles. The van der Waals surface area contributed by atoms with Gasteiger partial charge in [-0.05, 0) is 30.0 Å². The van der Waals surface area contributed by atoms with Crippen LogP contribution in [0.3, 0.4) is 0 Å². The van der Waals surface area contributed by atoms with Crippen LogP contribution in [0, 0.1) is 0 Å². The van der Waals surface area contributed by atoms with Crippen LogP contribution in [0.15, 0.2) is 30.0 Å². The number of hydrogen-bond donors (Lipinski definition) is 0. The molecule has 1 heterocycles. The molecule has 0 atom stereocenters. The summed E-state index contributed by atoms with van der Waals surface area (Å²) in [6.07, 6.45) is 6.25. The number of fused-ring (bicyclic) bond motifs is 1. The molecular weight excluding hydrogens is 170 g/mol. The molecule has 0 bridgehead atoms. The van der Waals surface area contributed by atoms with Crippen molar-refractivity contribution in [2.24, 2.45) is 0 Å². The quantitative estimate of drug-likeness (QED) is 0.650. The monoisotopic (exact) mass is 185 g/mol. The molecule has 0 spiro atoms. The van der Waals surface area contributed by atoms with E-state index in [4.69, 9.17) is 0 Å². The maximum absolute atomic E-state index is 2.54. The minimum atomic E-state index is 1.15. The van der Waals surface area contributed by atoms with E-state index in [1.165, 1.54) is 42.8 Å². The molecule has 0 unspecified atom stereocenters. The molecule has 0 N–H and O–H groups in total.